The Hall–Kier alpha value is -3.61. The first-order valence-corrected chi connectivity index (χ1v) is 9.25. The molecular weight excluding hydrogens is 373 g/mol. The third-order valence-electron chi connectivity index (χ3n) is 4.82. The third-order valence-corrected chi connectivity index (χ3v) is 4.82. The number of nitrogens with one attached hydrogen (secondary N) is 1. The van der Waals surface area contributed by atoms with E-state index in [1.807, 2.05) is 30.3 Å². The molecule has 0 spiro atoms. The van der Waals surface area contributed by atoms with Gasteiger partial charge in [-0.3, -0.25) is 5.32 Å². The van der Waals surface area contributed by atoms with Gasteiger partial charge in [0.25, 0.3) is 0 Å². The number of urea groups is 1. The number of aromatic nitrogens is 1. The van der Waals surface area contributed by atoms with E-state index in [-0.39, 0.29) is 17.6 Å². The maximum Gasteiger partial charge on any atom is 0.323 e. The maximum atomic E-state index is 13.9. The molecule has 0 bridgehead atoms. The lowest BCUT2D eigenvalue weighted by Crippen LogP contribution is -2.37. The van der Waals surface area contributed by atoms with Crippen molar-refractivity contribution in [2.24, 2.45) is 0 Å². The molecule has 0 fully saturated rings. The number of halogens is 1. The molecule has 2 amide bonds. The van der Waals surface area contributed by atoms with Crippen molar-refractivity contribution in [2.45, 2.75) is 6.42 Å². The summed E-state index contributed by atoms with van der Waals surface area (Å²) in [5, 5.41) is 6.53. The maximum absolute atomic E-state index is 13.9. The molecule has 0 aliphatic carbocycles. The minimum atomic E-state index is -0.409. The van der Waals surface area contributed by atoms with E-state index < -0.39 is 5.82 Å². The molecule has 1 aliphatic rings. The molecule has 0 saturated heterocycles. The Bertz CT molecular complexity index is 1060. The Balaban J connectivity index is 1.40. The minimum Gasteiger partial charge on any atom is -0.497 e. The molecule has 0 saturated carbocycles. The first kappa shape index (κ1) is 18.7. The quantitative estimate of drug-likeness (QED) is 0.691. The van der Waals surface area contributed by atoms with Crippen molar-refractivity contribution >= 4 is 17.4 Å². The lowest BCUT2D eigenvalue weighted by atomic mass is 9.99. The van der Waals surface area contributed by atoms with E-state index in [1.165, 1.54) is 17.7 Å². The van der Waals surface area contributed by atoms with Crippen molar-refractivity contribution in [3.63, 3.8) is 0 Å². The number of carbonyl (C=O) groups is 1. The zero-order valence-corrected chi connectivity index (χ0v) is 15.9. The predicted molar refractivity (Wildman–Crippen MR) is 108 cm³/mol. The van der Waals surface area contributed by atoms with Crippen LogP contribution in [0.5, 0.6) is 5.75 Å². The first-order valence-electron chi connectivity index (χ1n) is 9.25. The number of ether oxygens (including phenoxy) is 1. The summed E-state index contributed by atoms with van der Waals surface area (Å²) in [5.74, 6) is 0.904. The van der Waals surface area contributed by atoms with E-state index >= 15 is 0 Å². The Labute approximate surface area is 167 Å². The number of nitrogens with zero attached hydrogens (tertiary/aromatic N) is 2. The van der Waals surface area contributed by atoms with Crippen molar-refractivity contribution in [3.05, 3.63) is 72.1 Å². The van der Waals surface area contributed by atoms with E-state index in [0.29, 0.717) is 18.7 Å². The van der Waals surface area contributed by atoms with E-state index in [1.54, 1.807) is 30.2 Å². The van der Waals surface area contributed by atoms with Gasteiger partial charge in [0.2, 0.25) is 0 Å². The van der Waals surface area contributed by atoms with Gasteiger partial charge in [0.1, 0.15) is 11.6 Å². The van der Waals surface area contributed by atoms with Crippen LogP contribution in [-0.2, 0) is 0 Å². The van der Waals surface area contributed by atoms with Crippen LogP contribution in [0.1, 0.15) is 12.0 Å². The van der Waals surface area contributed by atoms with Crippen LogP contribution in [0.4, 0.5) is 15.0 Å². The molecule has 0 atom stereocenters. The van der Waals surface area contributed by atoms with Crippen molar-refractivity contribution in [1.29, 1.82) is 0 Å². The Morgan fingerprint density at radius 2 is 2.07 bits per heavy atom. The van der Waals surface area contributed by atoms with Crippen molar-refractivity contribution in [2.75, 3.05) is 25.5 Å². The molecule has 2 heterocycles. The number of carbonyl (C=O) groups excluding carboxylic acids is 1. The molecule has 3 aromatic rings. The van der Waals surface area contributed by atoms with Gasteiger partial charge in [0.05, 0.1) is 12.7 Å². The molecule has 29 heavy (non-hydrogen) atoms. The van der Waals surface area contributed by atoms with Gasteiger partial charge < -0.3 is 14.2 Å². The Morgan fingerprint density at radius 1 is 1.21 bits per heavy atom. The molecule has 4 rings (SSSR count). The number of rotatable bonds is 4. The van der Waals surface area contributed by atoms with Crippen LogP contribution in [0.3, 0.4) is 0 Å². The molecular formula is C22H20FN3O3. The molecule has 0 radical (unpaired) electrons. The number of hydrogen-bond donors (Lipinski definition) is 1. The number of methoxy groups -OCH3 is 1. The summed E-state index contributed by atoms with van der Waals surface area (Å²) in [6, 6.07) is 15.3. The van der Waals surface area contributed by atoms with Crippen molar-refractivity contribution in [1.82, 2.24) is 10.1 Å². The molecule has 1 N–H and O–H groups in total. The van der Waals surface area contributed by atoms with Gasteiger partial charge >= 0.3 is 6.03 Å². The standard InChI is InChI=1S/C22H20FN3O3/c1-28-17-6-4-5-16(13-17)15-9-11-26(12-10-15)22(27)24-21-14-20(29-25-21)18-7-2-3-8-19(18)23/h2-9,13-14H,10-12H2,1H3,(H,24,25,27). The summed E-state index contributed by atoms with van der Waals surface area (Å²) in [6.45, 7) is 1.06. The van der Waals surface area contributed by atoms with Gasteiger partial charge in [-0.25, -0.2) is 9.18 Å². The molecule has 7 heteroatoms. The zero-order valence-electron chi connectivity index (χ0n) is 15.9. The molecule has 1 aromatic heterocycles. The fraction of sp³-hybridized carbons (Fsp3) is 0.182. The smallest absolute Gasteiger partial charge is 0.323 e. The second kappa shape index (κ2) is 8.18. The van der Waals surface area contributed by atoms with E-state index in [2.05, 4.69) is 10.5 Å². The highest BCUT2D eigenvalue weighted by Crippen LogP contribution is 2.27. The second-order valence-electron chi connectivity index (χ2n) is 6.64. The highest BCUT2D eigenvalue weighted by atomic mass is 19.1. The van der Waals surface area contributed by atoms with Gasteiger partial charge in [0.15, 0.2) is 11.6 Å². The first-order chi connectivity index (χ1) is 14.1. The van der Waals surface area contributed by atoms with Crippen molar-refractivity contribution < 1.29 is 18.4 Å². The zero-order chi connectivity index (χ0) is 20.2. The Kier molecular flexibility index (Phi) is 5.29. The van der Waals surface area contributed by atoms with E-state index in [4.69, 9.17) is 9.26 Å². The minimum absolute atomic E-state index is 0.246. The van der Waals surface area contributed by atoms with Gasteiger partial charge in [0, 0.05) is 19.2 Å². The summed E-state index contributed by atoms with van der Waals surface area (Å²) >= 11 is 0. The fourth-order valence-corrected chi connectivity index (χ4v) is 3.25. The molecule has 0 unspecified atom stereocenters. The summed E-state index contributed by atoms with van der Waals surface area (Å²) in [6.07, 6.45) is 2.77. The van der Waals surface area contributed by atoms with Crippen LogP contribution >= 0.6 is 0 Å². The van der Waals surface area contributed by atoms with Crippen LogP contribution in [0, 0.1) is 5.82 Å². The van der Waals surface area contributed by atoms with Gasteiger partial charge in [-0.15, -0.1) is 0 Å². The molecule has 1 aliphatic heterocycles. The van der Waals surface area contributed by atoms with Gasteiger partial charge in [-0.05, 0) is 41.8 Å². The summed E-state index contributed by atoms with van der Waals surface area (Å²) in [7, 11) is 1.64. The summed E-state index contributed by atoms with van der Waals surface area (Å²) in [4.78, 5) is 14.2. The average Bonchev–Trinajstić information content (AvgIpc) is 3.22. The predicted octanol–water partition coefficient (Wildman–Crippen LogP) is 4.81. The van der Waals surface area contributed by atoms with Crippen LogP contribution in [0.25, 0.3) is 16.9 Å². The number of hydrogen-bond acceptors (Lipinski definition) is 4. The highest BCUT2D eigenvalue weighted by molar-refractivity contribution is 5.89. The third kappa shape index (κ3) is 4.13. The van der Waals surface area contributed by atoms with E-state index in [9.17, 15) is 9.18 Å². The Morgan fingerprint density at radius 3 is 2.83 bits per heavy atom. The van der Waals surface area contributed by atoms with Crippen LogP contribution in [-0.4, -0.2) is 36.3 Å². The summed E-state index contributed by atoms with van der Waals surface area (Å²) in [5.41, 5.74) is 2.57. The van der Waals surface area contributed by atoms with Crippen LogP contribution < -0.4 is 10.1 Å². The normalized spacial score (nSPS) is 13.7. The second-order valence-corrected chi connectivity index (χ2v) is 6.64. The number of benzene rings is 2. The highest BCUT2D eigenvalue weighted by Gasteiger charge is 2.20. The van der Waals surface area contributed by atoms with Crippen molar-refractivity contribution in [3.8, 4) is 17.1 Å². The SMILES string of the molecule is COc1cccc(C2=CCN(C(=O)Nc3cc(-c4ccccc4F)on3)CC2)c1. The number of amides is 2. The monoisotopic (exact) mass is 393 g/mol. The van der Waals surface area contributed by atoms with Crippen LogP contribution in [0.15, 0.2) is 65.2 Å². The molecule has 148 valence electrons. The average molecular weight is 393 g/mol. The van der Waals surface area contributed by atoms with Gasteiger partial charge in [-0.2, -0.15) is 0 Å². The summed E-state index contributed by atoms with van der Waals surface area (Å²) < 4.78 is 24.3. The largest absolute Gasteiger partial charge is 0.497 e. The lowest BCUT2D eigenvalue weighted by Gasteiger charge is -2.26. The molecule has 6 nitrogen and oxygen atoms in total. The van der Waals surface area contributed by atoms with Crippen LogP contribution in [0.2, 0.25) is 0 Å². The lowest BCUT2D eigenvalue weighted by molar-refractivity contribution is 0.216. The topological polar surface area (TPSA) is 67.6 Å². The molecule has 2 aromatic carbocycles. The number of anilines is 1. The van der Waals surface area contributed by atoms with Gasteiger partial charge in [-0.1, -0.05) is 35.5 Å². The fourth-order valence-electron chi connectivity index (χ4n) is 3.25. The van der Waals surface area contributed by atoms with E-state index in [0.717, 1.165) is 17.7 Å².